The molecule has 1 N–H and O–H groups in total. The molecule has 1 aromatic carbocycles. The Morgan fingerprint density at radius 2 is 1.95 bits per heavy atom. The molecule has 0 fully saturated rings. The van der Waals surface area contributed by atoms with Crippen LogP contribution in [0.15, 0.2) is 29.2 Å². The standard InChI is InChI=1S/C13H18N2O3S2/c1-11(8-10-19(2)16)15-20(17,18)13-5-3-12(4-6-13)7-9-14/h3-6,11,15H,7-8,10H2,1-2H3. The Kier molecular flexibility index (Phi) is 6.33. The molecule has 0 aliphatic heterocycles. The summed E-state index contributed by atoms with van der Waals surface area (Å²) in [6, 6.07) is 7.96. The predicted octanol–water partition coefficient (Wildman–Crippen LogP) is 1.19. The van der Waals surface area contributed by atoms with Crippen LogP contribution in [0.25, 0.3) is 0 Å². The molecular formula is C13H18N2O3S2. The van der Waals surface area contributed by atoms with Gasteiger partial charge < -0.3 is 0 Å². The molecule has 0 saturated carbocycles. The van der Waals surface area contributed by atoms with Gasteiger partial charge in [-0.1, -0.05) is 12.1 Å². The van der Waals surface area contributed by atoms with Crippen LogP contribution in [0.4, 0.5) is 0 Å². The number of hydrogen-bond donors (Lipinski definition) is 1. The fourth-order valence-electron chi connectivity index (χ4n) is 1.61. The third-order valence-corrected chi connectivity index (χ3v) is 5.13. The summed E-state index contributed by atoms with van der Waals surface area (Å²) in [5.41, 5.74) is 0.779. The van der Waals surface area contributed by atoms with Crippen molar-refractivity contribution in [1.29, 1.82) is 5.26 Å². The number of hydrogen-bond acceptors (Lipinski definition) is 4. The minimum absolute atomic E-state index is 0.170. The molecule has 0 aliphatic carbocycles. The van der Waals surface area contributed by atoms with Gasteiger partial charge in [0.1, 0.15) is 0 Å². The molecular weight excluding hydrogens is 296 g/mol. The second kappa shape index (κ2) is 7.53. The summed E-state index contributed by atoms with van der Waals surface area (Å²) in [5, 5.41) is 8.57. The highest BCUT2D eigenvalue weighted by Crippen LogP contribution is 2.12. The van der Waals surface area contributed by atoms with Crippen molar-refractivity contribution in [2.24, 2.45) is 0 Å². The summed E-state index contributed by atoms with van der Waals surface area (Å²) >= 11 is 0. The second-order valence-corrected chi connectivity index (χ2v) is 7.84. The zero-order valence-corrected chi connectivity index (χ0v) is 13.1. The van der Waals surface area contributed by atoms with Gasteiger partial charge in [-0.05, 0) is 31.0 Å². The first-order valence-corrected chi connectivity index (χ1v) is 9.34. The lowest BCUT2D eigenvalue weighted by atomic mass is 10.2. The SMILES string of the molecule is CC(CCS(C)=O)NS(=O)(=O)c1ccc(CC#N)cc1. The summed E-state index contributed by atoms with van der Waals surface area (Å²) in [6.45, 7) is 1.74. The molecule has 0 saturated heterocycles. The van der Waals surface area contributed by atoms with E-state index in [1.165, 1.54) is 12.1 Å². The quantitative estimate of drug-likeness (QED) is 0.819. The zero-order chi connectivity index (χ0) is 15.2. The minimum atomic E-state index is -3.57. The van der Waals surface area contributed by atoms with E-state index in [2.05, 4.69) is 4.72 Å². The van der Waals surface area contributed by atoms with Gasteiger partial charge in [0.25, 0.3) is 0 Å². The molecule has 0 heterocycles. The van der Waals surface area contributed by atoms with Gasteiger partial charge in [0.2, 0.25) is 10.0 Å². The smallest absolute Gasteiger partial charge is 0.240 e. The Balaban J connectivity index is 2.73. The van der Waals surface area contributed by atoms with E-state index in [1.54, 1.807) is 25.3 Å². The van der Waals surface area contributed by atoms with Gasteiger partial charge >= 0.3 is 0 Å². The fraction of sp³-hybridized carbons (Fsp3) is 0.462. The van der Waals surface area contributed by atoms with Gasteiger partial charge in [0.05, 0.1) is 17.4 Å². The fourth-order valence-corrected chi connectivity index (χ4v) is 3.58. The van der Waals surface area contributed by atoms with Crippen LogP contribution in [0.2, 0.25) is 0 Å². The van der Waals surface area contributed by atoms with Crippen molar-refractivity contribution < 1.29 is 12.6 Å². The first-order chi connectivity index (χ1) is 9.35. The zero-order valence-electron chi connectivity index (χ0n) is 11.5. The highest BCUT2D eigenvalue weighted by Gasteiger charge is 2.17. The van der Waals surface area contributed by atoms with E-state index >= 15 is 0 Å². The first-order valence-electron chi connectivity index (χ1n) is 6.13. The molecule has 5 nitrogen and oxygen atoms in total. The third kappa shape index (κ3) is 5.41. The second-order valence-electron chi connectivity index (χ2n) is 4.57. The Hall–Kier alpha value is -1.23. The van der Waals surface area contributed by atoms with Gasteiger partial charge in [-0.25, -0.2) is 13.1 Å². The molecule has 0 spiro atoms. The average molecular weight is 314 g/mol. The number of nitrogens with zero attached hydrogens (tertiary/aromatic N) is 1. The maximum Gasteiger partial charge on any atom is 0.240 e. The Morgan fingerprint density at radius 3 is 2.45 bits per heavy atom. The molecule has 2 atom stereocenters. The first kappa shape index (κ1) is 16.8. The average Bonchev–Trinajstić information content (AvgIpc) is 2.37. The summed E-state index contributed by atoms with van der Waals surface area (Å²) in [6.07, 6.45) is 2.37. The van der Waals surface area contributed by atoms with Crippen LogP contribution in [0.3, 0.4) is 0 Å². The number of sulfonamides is 1. The summed E-state index contributed by atoms with van der Waals surface area (Å²) in [7, 11) is -4.50. The topological polar surface area (TPSA) is 87.0 Å². The maximum absolute atomic E-state index is 12.1. The van der Waals surface area contributed by atoms with Crippen molar-refractivity contribution in [1.82, 2.24) is 4.72 Å². The molecule has 0 aromatic heterocycles. The highest BCUT2D eigenvalue weighted by molar-refractivity contribution is 7.89. The van der Waals surface area contributed by atoms with Gasteiger partial charge in [-0.15, -0.1) is 0 Å². The Morgan fingerprint density at radius 1 is 1.35 bits per heavy atom. The molecule has 1 aromatic rings. The van der Waals surface area contributed by atoms with Gasteiger partial charge in [0.15, 0.2) is 0 Å². The molecule has 1 rings (SSSR count). The van der Waals surface area contributed by atoms with Crippen LogP contribution in [0.1, 0.15) is 18.9 Å². The molecule has 0 radical (unpaired) electrons. The summed E-state index contributed by atoms with van der Waals surface area (Å²) in [5.74, 6) is 0.463. The predicted molar refractivity (Wildman–Crippen MR) is 79.1 cm³/mol. The molecule has 0 amide bonds. The Bertz CT molecular complexity index is 603. The van der Waals surface area contributed by atoms with Crippen molar-refractivity contribution in [3.63, 3.8) is 0 Å². The van der Waals surface area contributed by atoms with E-state index in [-0.39, 0.29) is 17.4 Å². The number of nitriles is 1. The lowest BCUT2D eigenvalue weighted by Gasteiger charge is -2.13. The van der Waals surface area contributed by atoms with E-state index in [4.69, 9.17) is 5.26 Å². The van der Waals surface area contributed by atoms with Gasteiger partial charge in [0, 0.05) is 28.9 Å². The highest BCUT2D eigenvalue weighted by atomic mass is 32.2. The van der Waals surface area contributed by atoms with Crippen molar-refractivity contribution in [3.8, 4) is 6.07 Å². The van der Waals surface area contributed by atoms with Gasteiger partial charge in [-0.3, -0.25) is 4.21 Å². The molecule has 2 unspecified atom stereocenters. The normalized spacial score (nSPS) is 14.4. The van der Waals surface area contributed by atoms with Crippen LogP contribution in [-0.4, -0.2) is 30.7 Å². The lowest BCUT2D eigenvalue weighted by molar-refractivity contribution is 0.555. The minimum Gasteiger partial charge on any atom is -0.260 e. The lowest BCUT2D eigenvalue weighted by Crippen LogP contribution is -2.33. The van der Waals surface area contributed by atoms with E-state index in [9.17, 15) is 12.6 Å². The van der Waals surface area contributed by atoms with Crippen LogP contribution in [-0.2, 0) is 27.2 Å². The van der Waals surface area contributed by atoms with E-state index in [0.29, 0.717) is 12.2 Å². The van der Waals surface area contributed by atoms with Crippen LogP contribution in [0.5, 0.6) is 0 Å². The number of rotatable bonds is 7. The van der Waals surface area contributed by atoms with Crippen molar-refractivity contribution in [2.75, 3.05) is 12.0 Å². The van der Waals surface area contributed by atoms with Crippen LogP contribution >= 0.6 is 0 Å². The Labute approximate surface area is 122 Å². The number of benzene rings is 1. The van der Waals surface area contributed by atoms with Crippen LogP contribution < -0.4 is 4.72 Å². The van der Waals surface area contributed by atoms with Crippen molar-refractivity contribution >= 4 is 20.8 Å². The molecule has 110 valence electrons. The molecule has 20 heavy (non-hydrogen) atoms. The monoisotopic (exact) mass is 314 g/mol. The summed E-state index contributed by atoms with van der Waals surface area (Å²) in [4.78, 5) is 0.170. The molecule has 7 heteroatoms. The van der Waals surface area contributed by atoms with Crippen LogP contribution in [0, 0.1) is 11.3 Å². The molecule has 0 bridgehead atoms. The van der Waals surface area contributed by atoms with Crippen molar-refractivity contribution in [2.45, 2.75) is 30.7 Å². The summed E-state index contributed by atoms with van der Waals surface area (Å²) < 4.78 is 37.8. The van der Waals surface area contributed by atoms with E-state index in [0.717, 1.165) is 5.56 Å². The molecule has 0 aliphatic rings. The maximum atomic E-state index is 12.1. The van der Waals surface area contributed by atoms with E-state index in [1.807, 2.05) is 6.07 Å². The number of nitrogens with one attached hydrogen (secondary N) is 1. The van der Waals surface area contributed by atoms with Crippen molar-refractivity contribution in [3.05, 3.63) is 29.8 Å². The largest absolute Gasteiger partial charge is 0.260 e. The van der Waals surface area contributed by atoms with Gasteiger partial charge in [-0.2, -0.15) is 5.26 Å². The van der Waals surface area contributed by atoms with E-state index < -0.39 is 20.8 Å². The third-order valence-electron chi connectivity index (χ3n) is 2.71.